The van der Waals surface area contributed by atoms with E-state index in [9.17, 15) is 9.59 Å². The van der Waals surface area contributed by atoms with Crippen LogP contribution in [0.5, 0.6) is 0 Å². The highest BCUT2D eigenvalue weighted by atomic mass is 16.4. The number of hydrogen-bond acceptors (Lipinski definition) is 2. The minimum atomic E-state index is -0.894. The van der Waals surface area contributed by atoms with Crippen molar-refractivity contribution in [2.75, 3.05) is 6.54 Å². The Hall–Kier alpha value is -1.84. The maximum Gasteiger partial charge on any atom is 0.305 e. The molecule has 0 radical (unpaired) electrons. The number of carboxylic acids is 1. The third-order valence-corrected chi connectivity index (χ3v) is 3.86. The average Bonchev–Trinajstić information content (AvgIpc) is 2.39. The average molecular weight is 261 g/mol. The van der Waals surface area contributed by atoms with Crippen LogP contribution in [0.25, 0.3) is 0 Å². The number of aryl methyl sites for hydroxylation is 1. The Morgan fingerprint density at radius 2 is 2.11 bits per heavy atom. The number of carbonyl (C=O) groups is 2. The molecule has 1 aliphatic carbocycles. The molecule has 1 aliphatic rings. The Morgan fingerprint density at radius 3 is 2.84 bits per heavy atom. The molecule has 0 fully saturated rings. The summed E-state index contributed by atoms with van der Waals surface area (Å²) in [6, 6.07) is 8.02. The van der Waals surface area contributed by atoms with Gasteiger partial charge in [-0.2, -0.15) is 0 Å². The number of carbonyl (C=O) groups excluding carboxylic acids is 1. The lowest BCUT2D eigenvalue weighted by molar-refractivity contribution is -0.137. The molecule has 0 spiro atoms. The van der Waals surface area contributed by atoms with Crippen LogP contribution in [0.1, 0.15) is 37.3 Å². The van der Waals surface area contributed by atoms with Gasteiger partial charge in [-0.3, -0.25) is 9.59 Å². The first-order valence-corrected chi connectivity index (χ1v) is 6.62. The molecular weight excluding hydrogens is 242 g/mol. The van der Waals surface area contributed by atoms with Gasteiger partial charge in [0.15, 0.2) is 0 Å². The van der Waals surface area contributed by atoms with Crippen molar-refractivity contribution in [3.8, 4) is 0 Å². The zero-order valence-electron chi connectivity index (χ0n) is 11.1. The summed E-state index contributed by atoms with van der Waals surface area (Å²) in [7, 11) is 0. The van der Waals surface area contributed by atoms with Crippen LogP contribution < -0.4 is 5.32 Å². The molecule has 0 aromatic heterocycles. The van der Waals surface area contributed by atoms with Gasteiger partial charge < -0.3 is 10.4 Å². The molecule has 19 heavy (non-hydrogen) atoms. The molecule has 1 aromatic carbocycles. The van der Waals surface area contributed by atoms with Crippen LogP contribution in [0.4, 0.5) is 0 Å². The Balaban J connectivity index is 2.14. The van der Waals surface area contributed by atoms with E-state index in [4.69, 9.17) is 5.11 Å². The van der Waals surface area contributed by atoms with E-state index < -0.39 is 11.4 Å². The van der Waals surface area contributed by atoms with Crippen molar-refractivity contribution >= 4 is 11.9 Å². The summed E-state index contributed by atoms with van der Waals surface area (Å²) < 4.78 is 0. The van der Waals surface area contributed by atoms with Crippen LogP contribution >= 0.6 is 0 Å². The van der Waals surface area contributed by atoms with E-state index in [0.29, 0.717) is 0 Å². The van der Waals surface area contributed by atoms with Gasteiger partial charge in [0.2, 0.25) is 5.91 Å². The van der Waals surface area contributed by atoms with E-state index in [1.165, 1.54) is 5.56 Å². The Labute approximate surface area is 112 Å². The highest BCUT2D eigenvalue weighted by molar-refractivity contribution is 5.88. The molecule has 4 heteroatoms. The summed E-state index contributed by atoms with van der Waals surface area (Å²) in [4.78, 5) is 22.8. The molecule has 2 N–H and O–H groups in total. The first-order valence-electron chi connectivity index (χ1n) is 6.62. The molecule has 0 bridgehead atoms. The maximum absolute atomic E-state index is 12.4. The number of fused-ring (bicyclic) bond motifs is 1. The van der Waals surface area contributed by atoms with Crippen LogP contribution in [-0.4, -0.2) is 23.5 Å². The highest BCUT2D eigenvalue weighted by Crippen LogP contribution is 2.37. The Morgan fingerprint density at radius 1 is 1.37 bits per heavy atom. The Bertz CT molecular complexity index is 498. The van der Waals surface area contributed by atoms with Gasteiger partial charge in [-0.15, -0.1) is 0 Å². The SMILES string of the molecule is CC1(C(=O)NCCC(=O)O)CCCc2ccccc21. The smallest absolute Gasteiger partial charge is 0.305 e. The van der Waals surface area contributed by atoms with E-state index in [1.54, 1.807) is 0 Å². The van der Waals surface area contributed by atoms with Gasteiger partial charge in [0.1, 0.15) is 0 Å². The van der Waals surface area contributed by atoms with Crippen LogP contribution in [-0.2, 0) is 21.4 Å². The van der Waals surface area contributed by atoms with Gasteiger partial charge in [-0.05, 0) is 37.3 Å². The van der Waals surface area contributed by atoms with Gasteiger partial charge in [-0.1, -0.05) is 24.3 Å². The van der Waals surface area contributed by atoms with Gasteiger partial charge in [0, 0.05) is 6.54 Å². The van der Waals surface area contributed by atoms with Gasteiger partial charge in [0.05, 0.1) is 11.8 Å². The van der Waals surface area contributed by atoms with Crippen LogP contribution in [0, 0.1) is 0 Å². The zero-order chi connectivity index (χ0) is 13.9. The number of amides is 1. The van der Waals surface area contributed by atoms with Crippen molar-refractivity contribution in [3.05, 3.63) is 35.4 Å². The van der Waals surface area contributed by atoms with Crippen molar-refractivity contribution in [2.24, 2.45) is 0 Å². The molecule has 2 rings (SSSR count). The second-order valence-electron chi connectivity index (χ2n) is 5.24. The number of hydrogen-bond donors (Lipinski definition) is 2. The monoisotopic (exact) mass is 261 g/mol. The van der Waals surface area contributed by atoms with Crippen LogP contribution in [0.3, 0.4) is 0 Å². The topological polar surface area (TPSA) is 66.4 Å². The lowest BCUT2D eigenvalue weighted by Gasteiger charge is -2.34. The van der Waals surface area contributed by atoms with E-state index in [0.717, 1.165) is 24.8 Å². The molecule has 0 saturated carbocycles. The van der Waals surface area contributed by atoms with Gasteiger partial charge >= 0.3 is 5.97 Å². The Kier molecular flexibility index (Phi) is 3.88. The maximum atomic E-state index is 12.4. The lowest BCUT2D eigenvalue weighted by atomic mass is 9.70. The molecule has 4 nitrogen and oxygen atoms in total. The number of aliphatic carboxylic acids is 1. The molecular formula is C15H19NO3. The minimum absolute atomic E-state index is 0.0382. The van der Waals surface area contributed by atoms with E-state index in [-0.39, 0.29) is 18.9 Å². The summed E-state index contributed by atoms with van der Waals surface area (Å²) in [6.45, 7) is 2.13. The molecule has 0 saturated heterocycles. The predicted molar refractivity (Wildman–Crippen MR) is 72.0 cm³/mol. The molecule has 1 amide bonds. The second-order valence-corrected chi connectivity index (χ2v) is 5.24. The number of carboxylic acid groups (broad SMARTS) is 1. The number of rotatable bonds is 4. The normalized spacial score (nSPS) is 21.5. The number of benzene rings is 1. The summed E-state index contributed by atoms with van der Waals surface area (Å²) in [5, 5.41) is 11.4. The van der Waals surface area contributed by atoms with Crippen molar-refractivity contribution in [1.29, 1.82) is 0 Å². The van der Waals surface area contributed by atoms with Crippen LogP contribution in [0.15, 0.2) is 24.3 Å². The largest absolute Gasteiger partial charge is 0.481 e. The summed E-state index contributed by atoms with van der Waals surface area (Å²) in [5.41, 5.74) is 1.77. The summed E-state index contributed by atoms with van der Waals surface area (Å²) in [6.07, 6.45) is 2.76. The van der Waals surface area contributed by atoms with Crippen molar-refractivity contribution < 1.29 is 14.7 Å². The van der Waals surface area contributed by atoms with Gasteiger partial charge in [0.25, 0.3) is 0 Å². The lowest BCUT2D eigenvalue weighted by Crippen LogP contribution is -2.45. The fourth-order valence-corrected chi connectivity index (χ4v) is 2.76. The molecule has 1 atom stereocenters. The zero-order valence-corrected chi connectivity index (χ0v) is 11.1. The predicted octanol–water partition coefficient (Wildman–Crippen LogP) is 1.87. The van der Waals surface area contributed by atoms with Crippen LogP contribution in [0.2, 0.25) is 0 Å². The number of nitrogens with one attached hydrogen (secondary N) is 1. The van der Waals surface area contributed by atoms with Crippen molar-refractivity contribution in [2.45, 2.75) is 38.0 Å². The molecule has 0 heterocycles. The quantitative estimate of drug-likeness (QED) is 0.869. The minimum Gasteiger partial charge on any atom is -0.481 e. The van der Waals surface area contributed by atoms with Crippen molar-refractivity contribution in [1.82, 2.24) is 5.32 Å². The second kappa shape index (κ2) is 5.43. The summed E-state index contributed by atoms with van der Waals surface area (Å²) in [5.74, 6) is -0.963. The van der Waals surface area contributed by atoms with E-state index in [1.807, 2.05) is 25.1 Å². The first-order chi connectivity index (χ1) is 9.04. The fraction of sp³-hybridized carbons (Fsp3) is 0.467. The highest BCUT2D eigenvalue weighted by Gasteiger charge is 2.38. The molecule has 0 aliphatic heterocycles. The third kappa shape index (κ3) is 2.78. The van der Waals surface area contributed by atoms with E-state index >= 15 is 0 Å². The molecule has 102 valence electrons. The van der Waals surface area contributed by atoms with Crippen molar-refractivity contribution in [3.63, 3.8) is 0 Å². The third-order valence-electron chi connectivity index (χ3n) is 3.86. The van der Waals surface area contributed by atoms with E-state index in [2.05, 4.69) is 11.4 Å². The molecule has 1 aromatic rings. The van der Waals surface area contributed by atoms with Gasteiger partial charge in [-0.25, -0.2) is 0 Å². The first kappa shape index (κ1) is 13.6. The molecule has 1 unspecified atom stereocenters. The fourth-order valence-electron chi connectivity index (χ4n) is 2.76. The summed E-state index contributed by atoms with van der Waals surface area (Å²) >= 11 is 0. The standard InChI is InChI=1S/C15H19NO3/c1-15(14(19)16-10-8-13(17)18)9-4-6-11-5-2-3-7-12(11)15/h2-3,5,7H,4,6,8-10H2,1H3,(H,16,19)(H,17,18).